The molecule has 1 fully saturated rings. The number of ether oxygens (including phenoxy) is 1. The summed E-state index contributed by atoms with van der Waals surface area (Å²) in [6.07, 6.45) is 3.68. The Morgan fingerprint density at radius 2 is 2.14 bits per heavy atom. The minimum Gasteiger partial charge on any atom is -0.381 e. The fourth-order valence-electron chi connectivity index (χ4n) is 1.35. The molecule has 5 heteroatoms. The maximum Gasteiger partial charge on any atom is 0.133 e. The van der Waals surface area contributed by atoms with Gasteiger partial charge in [0.15, 0.2) is 0 Å². The molecule has 0 atom stereocenters. The zero-order chi connectivity index (χ0) is 9.80. The van der Waals surface area contributed by atoms with Crippen molar-refractivity contribution in [2.45, 2.75) is 23.1 Å². The third kappa shape index (κ3) is 2.83. The molecular formula is C9H11ClN2OS. The van der Waals surface area contributed by atoms with Crippen LogP contribution in [0.15, 0.2) is 17.4 Å². The van der Waals surface area contributed by atoms with Crippen molar-refractivity contribution in [3.05, 3.63) is 17.5 Å². The fraction of sp³-hybridized carbons (Fsp3) is 0.556. The van der Waals surface area contributed by atoms with Crippen LogP contribution in [0.5, 0.6) is 0 Å². The van der Waals surface area contributed by atoms with Gasteiger partial charge in [0.05, 0.1) is 0 Å². The van der Waals surface area contributed by atoms with E-state index in [4.69, 9.17) is 16.3 Å². The van der Waals surface area contributed by atoms with Gasteiger partial charge in [0.25, 0.3) is 0 Å². The number of hydrogen-bond donors (Lipinski definition) is 0. The Morgan fingerprint density at radius 3 is 2.86 bits per heavy atom. The summed E-state index contributed by atoms with van der Waals surface area (Å²) in [6, 6.07) is 1.81. The molecular weight excluding hydrogens is 220 g/mol. The lowest BCUT2D eigenvalue weighted by Gasteiger charge is -2.20. The Labute approximate surface area is 92.2 Å². The van der Waals surface area contributed by atoms with E-state index in [1.165, 1.54) is 6.33 Å². The first-order chi connectivity index (χ1) is 6.84. The van der Waals surface area contributed by atoms with Crippen molar-refractivity contribution in [3.63, 3.8) is 0 Å². The van der Waals surface area contributed by atoms with Gasteiger partial charge in [-0.3, -0.25) is 0 Å². The number of hydrogen-bond acceptors (Lipinski definition) is 4. The molecule has 1 aliphatic rings. The molecule has 0 aliphatic carbocycles. The molecule has 0 amide bonds. The Hall–Kier alpha value is -0.320. The van der Waals surface area contributed by atoms with E-state index in [9.17, 15) is 0 Å². The molecule has 0 N–H and O–H groups in total. The van der Waals surface area contributed by atoms with Crippen LogP contribution in [-0.2, 0) is 4.74 Å². The normalized spacial score (nSPS) is 18.4. The SMILES string of the molecule is Clc1cc(SC2CCOCC2)ncn1. The summed E-state index contributed by atoms with van der Waals surface area (Å²) in [5.74, 6) is 0. The highest BCUT2D eigenvalue weighted by molar-refractivity contribution is 7.99. The van der Waals surface area contributed by atoms with Gasteiger partial charge < -0.3 is 4.74 Å². The molecule has 2 heterocycles. The van der Waals surface area contributed by atoms with Crippen molar-refractivity contribution < 1.29 is 4.74 Å². The van der Waals surface area contributed by atoms with Gasteiger partial charge in [-0.15, -0.1) is 11.8 Å². The molecule has 0 bridgehead atoms. The van der Waals surface area contributed by atoms with Crippen molar-refractivity contribution in [2.24, 2.45) is 0 Å². The van der Waals surface area contributed by atoms with Crippen molar-refractivity contribution >= 4 is 23.4 Å². The highest BCUT2D eigenvalue weighted by Crippen LogP contribution is 2.28. The van der Waals surface area contributed by atoms with Gasteiger partial charge in [0.2, 0.25) is 0 Å². The van der Waals surface area contributed by atoms with Crippen LogP contribution in [0.3, 0.4) is 0 Å². The van der Waals surface area contributed by atoms with Crippen LogP contribution in [0.2, 0.25) is 5.15 Å². The molecule has 0 radical (unpaired) electrons. The Morgan fingerprint density at radius 1 is 1.36 bits per heavy atom. The lowest BCUT2D eigenvalue weighted by Crippen LogP contribution is -2.17. The summed E-state index contributed by atoms with van der Waals surface area (Å²) in [7, 11) is 0. The van der Waals surface area contributed by atoms with E-state index in [0.29, 0.717) is 10.4 Å². The van der Waals surface area contributed by atoms with E-state index in [-0.39, 0.29) is 0 Å². The molecule has 1 aliphatic heterocycles. The fourth-order valence-corrected chi connectivity index (χ4v) is 2.62. The van der Waals surface area contributed by atoms with E-state index in [0.717, 1.165) is 31.1 Å². The van der Waals surface area contributed by atoms with Gasteiger partial charge in [0, 0.05) is 24.5 Å². The van der Waals surface area contributed by atoms with E-state index < -0.39 is 0 Å². The van der Waals surface area contributed by atoms with Gasteiger partial charge in [-0.05, 0) is 12.8 Å². The minimum absolute atomic E-state index is 0.509. The summed E-state index contributed by atoms with van der Waals surface area (Å²) in [5, 5.41) is 2.07. The van der Waals surface area contributed by atoms with E-state index in [2.05, 4.69) is 9.97 Å². The topological polar surface area (TPSA) is 35.0 Å². The first-order valence-corrected chi connectivity index (χ1v) is 5.82. The van der Waals surface area contributed by atoms with E-state index in [1.807, 2.05) is 6.07 Å². The van der Waals surface area contributed by atoms with Crippen LogP contribution >= 0.6 is 23.4 Å². The maximum atomic E-state index is 5.77. The van der Waals surface area contributed by atoms with Crippen LogP contribution in [0, 0.1) is 0 Å². The van der Waals surface area contributed by atoms with Crippen LogP contribution in [-0.4, -0.2) is 28.4 Å². The Bertz CT molecular complexity index is 305. The Kier molecular flexibility index (Phi) is 3.61. The zero-order valence-corrected chi connectivity index (χ0v) is 9.22. The smallest absolute Gasteiger partial charge is 0.133 e. The molecule has 2 rings (SSSR count). The Balaban J connectivity index is 1.95. The first kappa shape index (κ1) is 10.2. The summed E-state index contributed by atoms with van der Waals surface area (Å²) in [6.45, 7) is 1.72. The van der Waals surface area contributed by atoms with Gasteiger partial charge in [-0.2, -0.15) is 0 Å². The summed E-state index contributed by atoms with van der Waals surface area (Å²) < 4.78 is 5.29. The number of rotatable bonds is 2. The van der Waals surface area contributed by atoms with Crippen LogP contribution in [0.1, 0.15) is 12.8 Å². The van der Waals surface area contributed by atoms with Crippen molar-refractivity contribution in [1.82, 2.24) is 9.97 Å². The van der Waals surface area contributed by atoms with E-state index in [1.54, 1.807) is 11.8 Å². The van der Waals surface area contributed by atoms with Gasteiger partial charge >= 0.3 is 0 Å². The minimum atomic E-state index is 0.509. The second-order valence-corrected chi connectivity index (χ2v) is 4.82. The van der Waals surface area contributed by atoms with Crippen molar-refractivity contribution in [2.75, 3.05) is 13.2 Å². The predicted molar refractivity (Wildman–Crippen MR) is 56.7 cm³/mol. The second kappa shape index (κ2) is 4.96. The monoisotopic (exact) mass is 230 g/mol. The number of halogens is 1. The highest BCUT2D eigenvalue weighted by atomic mass is 35.5. The second-order valence-electron chi connectivity index (χ2n) is 3.11. The zero-order valence-electron chi connectivity index (χ0n) is 7.65. The molecule has 14 heavy (non-hydrogen) atoms. The van der Waals surface area contributed by atoms with Crippen LogP contribution in [0.4, 0.5) is 0 Å². The maximum absolute atomic E-state index is 5.77. The summed E-state index contributed by atoms with van der Waals surface area (Å²) in [4.78, 5) is 8.01. The molecule has 0 saturated carbocycles. The van der Waals surface area contributed by atoms with Gasteiger partial charge in [-0.1, -0.05) is 11.6 Å². The average molecular weight is 231 g/mol. The number of aromatic nitrogens is 2. The van der Waals surface area contributed by atoms with Crippen LogP contribution in [0.25, 0.3) is 0 Å². The molecule has 0 unspecified atom stereocenters. The van der Waals surface area contributed by atoms with Crippen LogP contribution < -0.4 is 0 Å². The largest absolute Gasteiger partial charge is 0.381 e. The average Bonchev–Trinajstić information content (AvgIpc) is 2.19. The van der Waals surface area contributed by atoms with Crippen molar-refractivity contribution in [1.29, 1.82) is 0 Å². The molecule has 1 aromatic heterocycles. The quantitative estimate of drug-likeness (QED) is 0.731. The lowest BCUT2D eigenvalue weighted by molar-refractivity contribution is 0.1000. The predicted octanol–water partition coefficient (Wildman–Crippen LogP) is 2.40. The molecule has 0 aromatic carbocycles. The van der Waals surface area contributed by atoms with Crippen molar-refractivity contribution in [3.8, 4) is 0 Å². The van der Waals surface area contributed by atoms with E-state index >= 15 is 0 Å². The van der Waals surface area contributed by atoms with Gasteiger partial charge in [-0.25, -0.2) is 9.97 Å². The summed E-state index contributed by atoms with van der Waals surface area (Å²) in [5.41, 5.74) is 0. The summed E-state index contributed by atoms with van der Waals surface area (Å²) >= 11 is 7.54. The molecule has 76 valence electrons. The standard InChI is InChI=1S/C9H11ClN2OS/c10-8-5-9(12-6-11-8)14-7-1-3-13-4-2-7/h5-7H,1-4H2. The third-order valence-corrected chi connectivity index (χ3v) is 3.54. The first-order valence-electron chi connectivity index (χ1n) is 4.56. The molecule has 0 spiro atoms. The molecule has 1 saturated heterocycles. The number of thioether (sulfide) groups is 1. The number of nitrogens with zero attached hydrogens (tertiary/aromatic N) is 2. The third-order valence-electron chi connectivity index (χ3n) is 2.06. The van der Waals surface area contributed by atoms with Gasteiger partial charge in [0.1, 0.15) is 16.5 Å². The lowest BCUT2D eigenvalue weighted by atomic mass is 10.2. The molecule has 1 aromatic rings. The highest BCUT2D eigenvalue weighted by Gasteiger charge is 2.15. The molecule has 3 nitrogen and oxygen atoms in total.